The predicted octanol–water partition coefficient (Wildman–Crippen LogP) is 9.56. The first-order valence-electron chi connectivity index (χ1n) is 16.3. The van der Waals surface area contributed by atoms with Gasteiger partial charge in [0.2, 0.25) is 5.78 Å². The molecular formula is C42H27N7. The van der Waals surface area contributed by atoms with Crippen molar-refractivity contribution in [2.24, 2.45) is 0 Å². The molecule has 0 saturated heterocycles. The van der Waals surface area contributed by atoms with Gasteiger partial charge in [-0.1, -0.05) is 115 Å². The Labute approximate surface area is 281 Å². The molecule has 10 rings (SSSR count). The highest BCUT2D eigenvalue weighted by atomic mass is 15.3. The third-order valence-corrected chi connectivity index (χ3v) is 9.09. The number of rotatable bonds is 5. The fraction of sp³-hybridized carbons (Fsp3) is 0. The van der Waals surface area contributed by atoms with E-state index in [4.69, 9.17) is 19.9 Å². The normalized spacial score (nSPS) is 11.7. The maximum atomic E-state index is 5.38. The van der Waals surface area contributed by atoms with Gasteiger partial charge in [0.25, 0.3) is 0 Å². The van der Waals surface area contributed by atoms with Gasteiger partial charge < -0.3 is 0 Å². The molecule has 4 aromatic heterocycles. The van der Waals surface area contributed by atoms with Crippen LogP contribution in [0.4, 0.5) is 0 Å². The Balaban J connectivity index is 1.28. The lowest BCUT2D eigenvalue weighted by Gasteiger charge is -2.09. The van der Waals surface area contributed by atoms with E-state index in [-0.39, 0.29) is 0 Å². The lowest BCUT2D eigenvalue weighted by Crippen LogP contribution is -2.00. The molecule has 49 heavy (non-hydrogen) atoms. The van der Waals surface area contributed by atoms with Crippen molar-refractivity contribution in [1.29, 1.82) is 0 Å². The summed E-state index contributed by atoms with van der Waals surface area (Å²) in [4.78, 5) is 20.3. The van der Waals surface area contributed by atoms with Crippen LogP contribution in [0.25, 0.3) is 84.4 Å². The summed E-state index contributed by atoms with van der Waals surface area (Å²) < 4.78 is 6.84. The first kappa shape index (κ1) is 27.3. The highest BCUT2D eigenvalue weighted by Crippen LogP contribution is 2.37. The topological polar surface area (TPSA) is 65.8 Å². The number of imidazole rings is 2. The van der Waals surface area contributed by atoms with E-state index < -0.39 is 0 Å². The van der Waals surface area contributed by atoms with E-state index in [1.807, 2.05) is 66.7 Å². The summed E-state index contributed by atoms with van der Waals surface area (Å²) in [5.41, 5.74) is 10.0. The SMILES string of the molecule is c1ccc(-c2nc(-c3ccccc3)nc(-c3ccc4c(c3)n(-c3ccccc3)c3nc5c6ccccc6n(-c6ccccc6)c5n43)n2)cc1. The van der Waals surface area contributed by atoms with Gasteiger partial charge in [0.05, 0.1) is 16.6 Å². The van der Waals surface area contributed by atoms with Crippen LogP contribution in [0.5, 0.6) is 0 Å². The average Bonchev–Trinajstić information content (AvgIpc) is 3.81. The fourth-order valence-corrected chi connectivity index (χ4v) is 6.89. The first-order chi connectivity index (χ1) is 24.3. The molecule has 0 aliphatic rings. The Kier molecular flexibility index (Phi) is 6.04. The molecule has 0 radical (unpaired) electrons. The minimum absolute atomic E-state index is 0.608. The summed E-state index contributed by atoms with van der Waals surface area (Å²) in [6, 6.07) is 56.0. The molecule has 0 atom stereocenters. The molecule has 7 heteroatoms. The van der Waals surface area contributed by atoms with Crippen LogP contribution in [0.2, 0.25) is 0 Å². The monoisotopic (exact) mass is 629 g/mol. The van der Waals surface area contributed by atoms with Crippen LogP contribution >= 0.6 is 0 Å². The maximum absolute atomic E-state index is 5.38. The summed E-state index contributed by atoms with van der Waals surface area (Å²) in [6.07, 6.45) is 0. The van der Waals surface area contributed by atoms with Crippen LogP contribution in [0, 0.1) is 0 Å². The number of aromatic nitrogens is 7. The molecule has 0 bridgehead atoms. The lowest BCUT2D eigenvalue weighted by molar-refractivity contribution is 1.07. The van der Waals surface area contributed by atoms with Crippen LogP contribution in [-0.4, -0.2) is 33.5 Å². The van der Waals surface area contributed by atoms with Crippen molar-refractivity contribution in [2.45, 2.75) is 0 Å². The smallest absolute Gasteiger partial charge is 0.221 e. The van der Waals surface area contributed by atoms with Gasteiger partial charge in [-0.2, -0.15) is 0 Å². The van der Waals surface area contributed by atoms with Crippen molar-refractivity contribution < 1.29 is 0 Å². The van der Waals surface area contributed by atoms with Crippen LogP contribution in [0.3, 0.4) is 0 Å². The largest absolute Gasteiger partial charge is 0.294 e. The molecule has 0 aliphatic carbocycles. The van der Waals surface area contributed by atoms with Gasteiger partial charge in [-0.3, -0.25) is 13.5 Å². The van der Waals surface area contributed by atoms with Crippen molar-refractivity contribution in [3.63, 3.8) is 0 Å². The number of hydrogen-bond donors (Lipinski definition) is 0. The Morgan fingerprint density at radius 2 is 0.878 bits per heavy atom. The van der Waals surface area contributed by atoms with Gasteiger partial charge in [-0.15, -0.1) is 0 Å². The predicted molar refractivity (Wildman–Crippen MR) is 196 cm³/mol. The second kappa shape index (κ2) is 10.9. The zero-order chi connectivity index (χ0) is 32.3. The highest BCUT2D eigenvalue weighted by Gasteiger charge is 2.24. The van der Waals surface area contributed by atoms with Crippen LogP contribution in [-0.2, 0) is 0 Å². The Morgan fingerprint density at radius 3 is 1.49 bits per heavy atom. The molecule has 0 aliphatic heterocycles. The van der Waals surface area contributed by atoms with Crippen molar-refractivity contribution in [2.75, 3.05) is 0 Å². The van der Waals surface area contributed by atoms with Crippen LogP contribution in [0.15, 0.2) is 164 Å². The van der Waals surface area contributed by atoms with Gasteiger partial charge in [-0.05, 0) is 48.5 Å². The van der Waals surface area contributed by atoms with Gasteiger partial charge in [0.1, 0.15) is 5.52 Å². The van der Waals surface area contributed by atoms with Crippen molar-refractivity contribution in [3.8, 4) is 45.5 Å². The fourth-order valence-electron chi connectivity index (χ4n) is 6.89. The molecule has 0 unspecified atom stereocenters. The second-order valence-electron chi connectivity index (χ2n) is 12.0. The van der Waals surface area contributed by atoms with E-state index in [1.54, 1.807) is 0 Å². The van der Waals surface area contributed by atoms with Crippen LogP contribution < -0.4 is 0 Å². The standard InChI is InChI=1S/C42H27N7/c1-5-15-28(16-6-1)38-44-39(29-17-7-2-8-18-29)46-40(45-38)30-25-26-35-36(27-30)48(32-21-11-4-12-22-32)42-43-37-33-23-13-14-24-34(33)47(41(37)49(35)42)31-19-9-3-10-20-31/h1-27H. The minimum Gasteiger partial charge on any atom is -0.294 e. The average molecular weight is 630 g/mol. The maximum Gasteiger partial charge on any atom is 0.221 e. The van der Waals surface area contributed by atoms with E-state index in [1.165, 1.54) is 0 Å². The van der Waals surface area contributed by atoms with E-state index in [9.17, 15) is 0 Å². The summed E-state index contributed by atoms with van der Waals surface area (Å²) in [6.45, 7) is 0. The lowest BCUT2D eigenvalue weighted by atomic mass is 10.1. The molecule has 6 aromatic carbocycles. The molecule has 0 saturated carbocycles. The summed E-state index contributed by atoms with van der Waals surface area (Å²) in [7, 11) is 0. The Bertz CT molecular complexity index is 2740. The van der Waals surface area contributed by atoms with Gasteiger partial charge in [-0.25, -0.2) is 19.9 Å². The van der Waals surface area contributed by atoms with Gasteiger partial charge >= 0.3 is 0 Å². The molecule has 230 valence electrons. The van der Waals surface area contributed by atoms with Crippen molar-refractivity contribution >= 4 is 38.9 Å². The van der Waals surface area contributed by atoms with E-state index >= 15 is 0 Å². The molecule has 0 amide bonds. The highest BCUT2D eigenvalue weighted by molar-refractivity contribution is 6.09. The first-order valence-corrected chi connectivity index (χ1v) is 16.3. The van der Waals surface area contributed by atoms with Crippen LogP contribution in [0.1, 0.15) is 0 Å². The Morgan fingerprint density at radius 1 is 0.367 bits per heavy atom. The zero-order valence-corrected chi connectivity index (χ0v) is 26.2. The molecule has 0 N–H and O–H groups in total. The van der Waals surface area contributed by atoms with Crippen molar-refractivity contribution in [3.05, 3.63) is 164 Å². The van der Waals surface area contributed by atoms with Crippen molar-refractivity contribution in [1.82, 2.24) is 33.5 Å². The number of para-hydroxylation sites is 3. The number of nitrogens with zero attached hydrogens (tertiary/aromatic N) is 7. The summed E-state index contributed by atoms with van der Waals surface area (Å²) in [5.74, 6) is 2.71. The summed E-state index contributed by atoms with van der Waals surface area (Å²) >= 11 is 0. The third kappa shape index (κ3) is 4.29. The number of hydrogen-bond acceptors (Lipinski definition) is 4. The quantitative estimate of drug-likeness (QED) is 0.190. The minimum atomic E-state index is 0.608. The van der Waals surface area contributed by atoms with E-state index in [0.717, 1.165) is 66.9 Å². The Hall–Kier alpha value is -6.86. The van der Waals surface area contributed by atoms with Gasteiger partial charge in [0.15, 0.2) is 23.1 Å². The summed E-state index contributed by atoms with van der Waals surface area (Å²) in [5, 5.41) is 1.11. The van der Waals surface area contributed by atoms with E-state index in [2.05, 4.69) is 111 Å². The van der Waals surface area contributed by atoms with E-state index in [0.29, 0.717) is 17.5 Å². The molecule has 0 fully saturated rings. The second-order valence-corrected chi connectivity index (χ2v) is 12.0. The molecule has 7 nitrogen and oxygen atoms in total. The molecule has 4 heterocycles. The van der Waals surface area contributed by atoms with Gasteiger partial charge in [0, 0.05) is 33.5 Å². The molecular weight excluding hydrogens is 603 g/mol. The molecule has 10 aromatic rings. The number of benzene rings is 6. The molecule has 0 spiro atoms. The number of fused-ring (bicyclic) bond motifs is 7. The third-order valence-electron chi connectivity index (χ3n) is 9.09. The zero-order valence-electron chi connectivity index (χ0n) is 26.2.